The van der Waals surface area contributed by atoms with Gasteiger partial charge in [-0.3, -0.25) is 9.36 Å². The van der Waals surface area contributed by atoms with Crippen molar-refractivity contribution in [2.45, 2.75) is 6.54 Å². The van der Waals surface area contributed by atoms with Crippen molar-refractivity contribution in [1.29, 1.82) is 0 Å². The number of nitrogens with zero attached hydrogens (tertiary/aromatic N) is 3. The molecule has 0 fully saturated rings. The Balaban J connectivity index is 1.71. The van der Waals surface area contributed by atoms with Crippen molar-refractivity contribution in [3.05, 3.63) is 70.2 Å². The molecule has 0 aliphatic rings. The first-order valence-electron chi connectivity index (χ1n) is 6.77. The smallest absolute Gasteiger partial charge is 0.308 e. The van der Waals surface area contributed by atoms with E-state index in [-0.39, 0.29) is 11.4 Å². The molecule has 2 aromatic carbocycles. The molecule has 0 amide bonds. The third kappa shape index (κ3) is 2.23. The predicted octanol–water partition coefficient (Wildman–Crippen LogP) is 3.16. The van der Waals surface area contributed by atoms with Crippen LogP contribution in [-0.2, 0) is 6.54 Å². The van der Waals surface area contributed by atoms with Crippen molar-refractivity contribution in [2.24, 2.45) is 0 Å². The van der Waals surface area contributed by atoms with Crippen molar-refractivity contribution in [3.63, 3.8) is 0 Å². The van der Waals surface area contributed by atoms with Crippen LogP contribution < -0.4 is 4.87 Å². The van der Waals surface area contributed by atoms with Gasteiger partial charge in [-0.15, -0.1) is 10.2 Å². The number of hydrogen-bond acceptors (Lipinski definition) is 5. The summed E-state index contributed by atoms with van der Waals surface area (Å²) in [6.45, 7) is 0.280. The largest absolute Gasteiger partial charge is 0.419 e. The third-order valence-corrected chi connectivity index (χ3v) is 4.31. The minimum absolute atomic E-state index is 0.0272. The molecule has 0 saturated heterocycles. The second-order valence-corrected chi connectivity index (χ2v) is 5.78. The molecule has 0 N–H and O–H groups in total. The zero-order valence-corrected chi connectivity index (χ0v) is 12.3. The summed E-state index contributed by atoms with van der Waals surface area (Å²) in [7, 11) is 0. The quantitative estimate of drug-likeness (QED) is 0.583. The van der Waals surface area contributed by atoms with Crippen LogP contribution in [0.3, 0.4) is 0 Å². The van der Waals surface area contributed by atoms with Gasteiger partial charge in [0, 0.05) is 5.56 Å². The normalized spacial score (nSPS) is 11.1. The summed E-state index contributed by atoms with van der Waals surface area (Å²) in [5, 5.41) is 8.09. The summed E-state index contributed by atoms with van der Waals surface area (Å²) in [6, 6.07) is 17.2. The molecule has 108 valence electrons. The number of hydrogen-bond donors (Lipinski definition) is 0. The molecule has 0 aliphatic heterocycles. The van der Waals surface area contributed by atoms with Crippen LogP contribution in [0.25, 0.3) is 21.7 Å². The van der Waals surface area contributed by atoms with E-state index in [9.17, 15) is 4.79 Å². The van der Waals surface area contributed by atoms with Crippen LogP contribution in [0, 0.1) is 0 Å². The molecule has 0 saturated carbocycles. The molecular weight excluding hydrogens is 298 g/mol. The summed E-state index contributed by atoms with van der Waals surface area (Å²) in [5.41, 5.74) is 1.75. The van der Waals surface area contributed by atoms with Gasteiger partial charge >= 0.3 is 4.87 Å². The molecule has 0 radical (unpaired) electrons. The highest BCUT2D eigenvalue weighted by Crippen LogP contribution is 2.20. The molecule has 5 nitrogen and oxygen atoms in total. The lowest BCUT2D eigenvalue weighted by atomic mass is 10.2. The van der Waals surface area contributed by atoms with E-state index in [2.05, 4.69) is 10.2 Å². The van der Waals surface area contributed by atoms with E-state index in [0.717, 1.165) is 15.8 Å². The van der Waals surface area contributed by atoms with Crippen molar-refractivity contribution < 1.29 is 4.42 Å². The molecule has 0 aliphatic carbocycles. The van der Waals surface area contributed by atoms with Crippen LogP contribution >= 0.6 is 11.3 Å². The SMILES string of the molecule is O=c1sc2ccccc2n1Cc1nnc(-c2ccccc2)o1. The molecule has 0 unspecified atom stereocenters. The fourth-order valence-electron chi connectivity index (χ4n) is 2.31. The molecule has 0 spiro atoms. The number of thiazole rings is 1. The number of aromatic nitrogens is 3. The summed E-state index contributed by atoms with van der Waals surface area (Å²) in [4.78, 5) is 12.1. The van der Waals surface area contributed by atoms with Gasteiger partial charge in [-0.1, -0.05) is 41.7 Å². The number of fused-ring (bicyclic) bond motifs is 1. The van der Waals surface area contributed by atoms with Crippen LogP contribution in [0.5, 0.6) is 0 Å². The predicted molar refractivity (Wildman–Crippen MR) is 84.9 cm³/mol. The Hall–Kier alpha value is -2.73. The Labute approximate surface area is 129 Å². The van der Waals surface area contributed by atoms with Gasteiger partial charge < -0.3 is 4.42 Å². The first kappa shape index (κ1) is 13.0. The lowest BCUT2D eigenvalue weighted by molar-refractivity contribution is 0.490. The van der Waals surface area contributed by atoms with E-state index < -0.39 is 0 Å². The summed E-state index contributed by atoms with van der Waals surface area (Å²) in [6.07, 6.45) is 0. The molecule has 2 aromatic heterocycles. The lowest BCUT2D eigenvalue weighted by Crippen LogP contribution is -2.13. The van der Waals surface area contributed by atoms with Gasteiger partial charge in [0.1, 0.15) is 6.54 Å². The van der Waals surface area contributed by atoms with Crippen LogP contribution in [0.4, 0.5) is 0 Å². The summed E-state index contributed by atoms with van der Waals surface area (Å²) >= 11 is 1.22. The van der Waals surface area contributed by atoms with E-state index in [4.69, 9.17) is 4.42 Å². The van der Waals surface area contributed by atoms with Gasteiger partial charge in [0.05, 0.1) is 10.2 Å². The second kappa shape index (κ2) is 5.23. The fraction of sp³-hybridized carbons (Fsp3) is 0.0625. The molecule has 4 aromatic rings. The number of para-hydroxylation sites is 1. The second-order valence-electron chi connectivity index (χ2n) is 4.79. The maximum atomic E-state index is 12.1. The molecule has 4 rings (SSSR count). The van der Waals surface area contributed by atoms with Crippen molar-refractivity contribution in [2.75, 3.05) is 0 Å². The summed E-state index contributed by atoms with van der Waals surface area (Å²) in [5.74, 6) is 0.882. The molecular formula is C16H11N3O2S. The molecule has 22 heavy (non-hydrogen) atoms. The topological polar surface area (TPSA) is 60.9 Å². The van der Waals surface area contributed by atoms with E-state index in [1.165, 1.54) is 11.3 Å². The van der Waals surface area contributed by atoms with Gasteiger partial charge in [0.25, 0.3) is 0 Å². The fourth-order valence-corrected chi connectivity index (χ4v) is 3.20. The Bertz CT molecular complexity index is 985. The molecule has 2 heterocycles. The summed E-state index contributed by atoms with van der Waals surface area (Å²) < 4.78 is 8.28. The highest BCUT2D eigenvalue weighted by Gasteiger charge is 2.12. The maximum absolute atomic E-state index is 12.1. The molecule has 6 heteroatoms. The van der Waals surface area contributed by atoms with Crippen LogP contribution in [0.2, 0.25) is 0 Å². The first-order chi connectivity index (χ1) is 10.8. The van der Waals surface area contributed by atoms with Gasteiger partial charge in [-0.25, -0.2) is 0 Å². The zero-order valence-electron chi connectivity index (χ0n) is 11.5. The van der Waals surface area contributed by atoms with Gasteiger partial charge in [0.15, 0.2) is 0 Å². The lowest BCUT2D eigenvalue weighted by Gasteiger charge is -1.99. The highest BCUT2D eigenvalue weighted by molar-refractivity contribution is 7.16. The van der Waals surface area contributed by atoms with E-state index in [1.54, 1.807) is 4.57 Å². The monoisotopic (exact) mass is 309 g/mol. The van der Waals surface area contributed by atoms with Crippen LogP contribution in [0.15, 0.2) is 63.8 Å². The zero-order chi connectivity index (χ0) is 14.9. The van der Waals surface area contributed by atoms with Crippen molar-refractivity contribution in [1.82, 2.24) is 14.8 Å². The molecule has 0 bridgehead atoms. The van der Waals surface area contributed by atoms with Gasteiger partial charge in [0.2, 0.25) is 11.8 Å². The Kier molecular flexibility index (Phi) is 3.08. The number of benzene rings is 2. The third-order valence-electron chi connectivity index (χ3n) is 3.35. The highest BCUT2D eigenvalue weighted by atomic mass is 32.1. The Morgan fingerprint density at radius 1 is 1.00 bits per heavy atom. The van der Waals surface area contributed by atoms with Gasteiger partial charge in [-0.2, -0.15) is 0 Å². The van der Waals surface area contributed by atoms with E-state index in [0.29, 0.717) is 11.8 Å². The Morgan fingerprint density at radius 2 is 1.77 bits per heavy atom. The maximum Gasteiger partial charge on any atom is 0.308 e. The minimum Gasteiger partial charge on any atom is -0.419 e. The van der Waals surface area contributed by atoms with Crippen LogP contribution in [-0.4, -0.2) is 14.8 Å². The Morgan fingerprint density at radius 3 is 2.64 bits per heavy atom. The van der Waals surface area contributed by atoms with E-state index in [1.807, 2.05) is 54.6 Å². The number of rotatable bonds is 3. The van der Waals surface area contributed by atoms with Crippen LogP contribution in [0.1, 0.15) is 5.89 Å². The average molecular weight is 309 g/mol. The minimum atomic E-state index is -0.0272. The standard InChI is InChI=1S/C16H11N3O2S/c20-16-19(12-8-4-5-9-13(12)22-16)10-14-17-18-15(21-14)11-6-2-1-3-7-11/h1-9H,10H2. The van der Waals surface area contributed by atoms with Crippen molar-refractivity contribution >= 4 is 21.6 Å². The van der Waals surface area contributed by atoms with E-state index >= 15 is 0 Å². The van der Waals surface area contributed by atoms with Gasteiger partial charge in [-0.05, 0) is 24.3 Å². The first-order valence-corrected chi connectivity index (χ1v) is 7.59. The van der Waals surface area contributed by atoms with Crippen molar-refractivity contribution in [3.8, 4) is 11.5 Å². The average Bonchev–Trinajstić information content (AvgIpc) is 3.14. The molecule has 0 atom stereocenters.